The summed E-state index contributed by atoms with van der Waals surface area (Å²) in [5, 5.41) is 35.3. The minimum absolute atomic E-state index is 0.0463. The van der Waals surface area contributed by atoms with Crippen molar-refractivity contribution >= 4 is 34.6 Å². The van der Waals surface area contributed by atoms with Gasteiger partial charge in [0, 0.05) is 36.5 Å². The fourth-order valence-corrected chi connectivity index (χ4v) is 2.28. The molecule has 2 aromatic carbocycles. The van der Waals surface area contributed by atoms with Gasteiger partial charge in [-0.2, -0.15) is 0 Å². The third-order valence-electron chi connectivity index (χ3n) is 3.63. The molecule has 2 rings (SSSR count). The van der Waals surface area contributed by atoms with Crippen LogP contribution < -0.4 is 10.6 Å². The van der Waals surface area contributed by atoms with E-state index in [0.29, 0.717) is 0 Å². The van der Waals surface area contributed by atoms with E-state index in [1.54, 1.807) is 0 Å². The maximum Gasteiger partial charge on any atom is 0.341 e. The summed E-state index contributed by atoms with van der Waals surface area (Å²) in [6, 6.07) is 5.81. The van der Waals surface area contributed by atoms with Crippen molar-refractivity contribution in [1.29, 1.82) is 0 Å². The van der Waals surface area contributed by atoms with Crippen LogP contribution in [0.3, 0.4) is 0 Å². The second-order valence-corrected chi connectivity index (χ2v) is 5.68. The highest BCUT2D eigenvalue weighted by Crippen LogP contribution is 2.24. The molecule has 0 fully saturated rings. The lowest BCUT2D eigenvalue weighted by Crippen LogP contribution is -2.22. The molecule has 0 aliphatic heterocycles. The average Bonchev–Trinajstić information content (AvgIpc) is 2.71. The Morgan fingerprint density at radius 3 is 2.30 bits per heavy atom. The number of non-ortho nitro benzene ring substituents is 2. The van der Waals surface area contributed by atoms with Crippen molar-refractivity contribution < 1.29 is 33.7 Å². The first-order valence-electron chi connectivity index (χ1n) is 8.27. The van der Waals surface area contributed by atoms with Crippen molar-refractivity contribution in [3.8, 4) is 0 Å². The van der Waals surface area contributed by atoms with Crippen LogP contribution in [0.5, 0.6) is 0 Å². The van der Waals surface area contributed by atoms with Crippen LogP contribution in [0.4, 0.5) is 27.1 Å². The number of hydrogen-bond acceptors (Lipinski definition) is 9. The Kier molecular flexibility index (Phi) is 7.30. The number of hydrogen-bond donors (Lipinski definition) is 3. The van der Waals surface area contributed by atoms with E-state index < -0.39 is 51.2 Å². The van der Waals surface area contributed by atoms with Gasteiger partial charge in [0.1, 0.15) is 5.82 Å². The summed E-state index contributed by atoms with van der Waals surface area (Å²) >= 11 is 0. The SMILES string of the molecule is O=C(COC(=O)c1cc([N+](=O)[O-])ccc1NCCO)Nc1cc([N+](=O)[O-])ccc1F. The number of nitrogens with zero attached hydrogens (tertiary/aromatic N) is 2. The fourth-order valence-electron chi connectivity index (χ4n) is 2.28. The zero-order valence-electron chi connectivity index (χ0n) is 15.2. The highest BCUT2D eigenvalue weighted by Gasteiger charge is 2.20. The number of carbonyl (C=O) groups excluding carboxylic acids is 2. The summed E-state index contributed by atoms with van der Waals surface area (Å²) in [7, 11) is 0. The summed E-state index contributed by atoms with van der Waals surface area (Å²) < 4.78 is 18.5. The van der Waals surface area contributed by atoms with Gasteiger partial charge >= 0.3 is 5.97 Å². The van der Waals surface area contributed by atoms with Crippen LogP contribution in [0, 0.1) is 26.0 Å². The van der Waals surface area contributed by atoms with Gasteiger partial charge in [0.25, 0.3) is 17.3 Å². The topological polar surface area (TPSA) is 174 Å². The molecule has 0 spiro atoms. The molecule has 1 amide bonds. The molecule has 30 heavy (non-hydrogen) atoms. The molecular formula is C17H15FN4O8. The van der Waals surface area contributed by atoms with Gasteiger partial charge in [0.2, 0.25) is 0 Å². The first kappa shape index (κ1) is 22.2. The first-order valence-corrected chi connectivity index (χ1v) is 8.27. The van der Waals surface area contributed by atoms with Gasteiger partial charge in [-0.05, 0) is 12.1 Å². The summed E-state index contributed by atoms with van der Waals surface area (Å²) in [5.41, 5.74) is -1.47. The number of aliphatic hydroxyl groups is 1. The molecule has 0 radical (unpaired) electrons. The Morgan fingerprint density at radius 1 is 1.03 bits per heavy atom. The maximum atomic E-state index is 13.7. The Bertz CT molecular complexity index is 998. The predicted octanol–water partition coefficient (Wildman–Crippen LogP) is 1.84. The fraction of sp³-hybridized carbons (Fsp3) is 0.176. The van der Waals surface area contributed by atoms with Crippen LogP contribution in [-0.2, 0) is 9.53 Å². The molecule has 0 bridgehead atoms. The van der Waals surface area contributed by atoms with Crippen molar-refractivity contribution in [3.63, 3.8) is 0 Å². The minimum atomic E-state index is -1.09. The number of anilines is 2. The van der Waals surface area contributed by atoms with Gasteiger partial charge < -0.3 is 20.5 Å². The lowest BCUT2D eigenvalue weighted by molar-refractivity contribution is -0.385. The van der Waals surface area contributed by atoms with E-state index in [9.17, 15) is 34.2 Å². The number of halogens is 1. The van der Waals surface area contributed by atoms with Crippen LogP contribution in [-0.4, -0.2) is 46.6 Å². The molecule has 0 atom stereocenters. The molecule has 0 aliphatic carbocycles. The molecule has 0 saturated heterocycles. The molecule has 13 heteroatoms. The van der Waals surface area contributed by atoms with Crippen molar-refractivity contribution in [2.24, 2.45) is 0 Å². The number of aliphatic hydroxyl groups excluding tert-OH is 1. The third kappa shape index (κ3) is 5.68. The molecule has 0 aromatic heterocycles. The molecule has 0 heterocycles. The van der Waals surface area contributed by atoms with E-state index in [0.717, 1.165) is 30.3 Å². The molecule has 0 unspecified atom stereocenters. The third-order valence-corrected chi connectivity index (χ3v) is 3.63. The van der Waals surface area contributed by atoms with Crippen molar-refractivity contribution in [1.82, 2.24) is 0 Å². The van der Waals surface area contributed by atoms with E-state index in [4.69, 9.17) is 9.84 Å². The number of nitro groups is 2. The predicted molar refractivity (Wildman–Crippen MR) is 101 cm³/mol. The van der Waals surface area contributed by atoms with Gasteiger partial charge in [0.15, 0.2) is 6.61 Å². The second-order valence-electron chi connectivity index (χ2n) is 5.68. The van der Waals surface area contributed by atoms with Gasteiger partial charge in [-0.25, -0.2) is 9.18 Å². The van der Waals surface area contributed by atoms with Gasteiger partial charge in [0.05, 0.1) is 27.7 Å². The lowest BCUT2D eigenvalue weighted by atomic mass is 10.1. The Morgan fingerprint density at radius 2 is 1.67 bits per heavy atom. The molecule has 0 aliphatic rings. The number of ether oxygens (including phenoxy) is 1. The second kappa shape index (κ2) is 9.88. The number of amides is 1. The van der Waals surface area contributed by atoms with E-state index >= 15 is 0 Å². The molecule has 3 N–H and O–H groups in total. The smallest absolute Gasteiger partial charge is 0.341 e. The van der Waals surface area contributed by atoms with Crippen LogP contribution in [0.1, 0.15) is 10.4 Å². The Hall–Kier alpha value is -4.13. The summed E-state index contributed by atoms with van der Waals surface area (Å²) in [6.07, 6.45) is 0. The van der Waals surface area contributed by atoms with Crippen LogP contribution >= 0.6 is 0 Å². The molecule has 0 saturated carbocycles. The standard InChI is InChI=1S/C17H15FN4O8/c18-13-3-1-11(22(28)29)8-15(13)20-16(24)9-30-17(25)12-7-10(21(26)27)2-4-14(12)19-5-6-23/h1-4,7-8,19,23H,5-6,9H2,(H,20,24). The average molecular weight is 422 g/mol. The normalized spacial score (nSPS) is 10.2. The Balaban J connectivity index is 2.10. The number of rotatable bonds is 9. The molecule has 2 aromatic rings. The summed E-state index contributed by atoms with van der Waals surface area (Å²) in [4.78, 5) is 44.4. The van der Waals surface area contributed by atoms with Crippen molar-refractivity contribution in [2.45, 2.75) is 0 Å². The highest BCUT2D eigenvalue weighted by molar-refractivity contribution is 5.99. The van der Waals surface area contributed by atoms with Crippen LogP contribution in [0.15, 0.2) is 36.4 Å². The maximum absolute atomic E-state index is 13.7. The first-order chi connectivity index (χ1) is 14.2. The minimum Gasteiger partial charge on any atom is -0.452 e. The molecule has 158 valence electrons. The molecule has 12 nitrogen and oxygen atoms in total. The van der Waals surface area contributed by atoms with Crippen molar-refractivity contribution in [2.75, 3.05) is 30.4 Å². The van der Waals surface area contributed by atoms with E-state index in [2.05, 4.69) is 5.32 Å². The van der Waals surface area contributed by atoms with Crippen LogP contribution in [0.2, 0.25) is 0 Å². The van der Waals surface area contributed by atoms with Gasteiger partial charge in [-0.15, -0.1) is 0 Å². The number of carbonyl (C=O) groups is 2. The summed E-state index contributed by atoms with van der Waals surface area (Å²) in [5.74, 6) is -3.01. The molecular weight excluding hydrogens is 407 g/mol. The largest absolute Gasteiger partial charge is 0.452 e. The van der Waals surface area contributed by atoms with Gasteiger partial charge in [-0.1, -0.05) is 0 Å². The number of esters is 1. The zero-order valence-corrected chi connectivity index (χ0v) is 15.2. The quantitative estimate of drug-likeness (QED) is 0.309. The van der Waals surface area contributed by atoms with E-state index in [-0.39, 0.29) is 24.4 Å². The lowest BCUT2D eigenvalue weighted by Gasteiger charge is -2.11. The van der Waals surface area contributed by atoms with Gasteiger partial charge in [-0.3, -0.25) is 25.0 Å². The highest BCUT2D eigenvalue weighted by atomic mass is 19.1. The number of benzene rings is 2. The van der Waals surface area contributed by atoms with Crippen LogP contribution in [0.25, 0.3) is 0 Å². The summed E-state index contributed by atoms with van der Waals surface area (Å²) in [6.45, 7) is -1.11. The van der Waals surface area contributed by atoms with E-state index in [1.165, 1.54) is 6.07 Å². The van der Waals surface area contributed by atoms with Crippen molar-refractivity contribution in [3.05, 3.63) is 68.0 Å². The Labute approximate surface area is 167 Å². The number of nitro benzene ring substituents is 2. The number of nitrogens with one attached hydrogen (secondary N) is 2. The monoisotopic (exact) mass is 422 g/mol. The zero-order chi connectivity index (χ0) is 22.3. The van der Waals surface area contributed by atoms with E-state index in [1.807, 2.05) is 5.32 Å².